The van der Waals surface area contributed by atoms with Crippen molar-refractivity contribution in [2.45, 2.75) is 25.8 Å². The highest BCUT2D eigenvalue weighted by Crippen LogP contribution is 2.41. The predicted molar refractivity (Wildman–Crippen MR) is 62.6 cm³/mol. The Kier molecular flexibility index (Phi) is 3.10. The highest BCUT2D eigenvalue weighted by atomic mass is 16.2. The Morgan fingerprint density at radius 1 is 1.53 bits per heavy atom. The van der Waals surface area contributed by atoms with Crippen molar-refractivity contribution >= 4 is 5.91 Å². The van der Waals surface area contributed by atoms with Gasteiger partial charge in [-0.2, -0.15) is 5.26 Å². The molecule has 0 saturated heterocycles. The average molecular weight is 229 g/mol. The molecule has 1 amide bonds. The molecule has 0 bridgehead atoms. The molecule has 88 valence electrons. The summed E-state index contributed by atoms with van der Waals surface area (Å²) in [6.07, 6.45) is 5.78. The van der Waals surface area contributed by atoms with E-state index in [1.807, 2.05) is 12.1 Å². The zero-order valence-corrected chi connectivity index (χ0v) is 9.89. The summed E-state index contributed by atoms with van der Waals surface area (Å²) >= 11 is 0. The van der Waals surface area contributed by atoms with Crippen molar-refractivity contribution in [2.75, 3.05) is 7.05 Å². The third kappa shape index (κ3) is 2.14. The Hall–Kier alpha value is -1.89. The lowest BCUT2D eigenvalue weighted by atomic mass is 9.69. The number of carbonyl (C=O) groups excluding carboxylic acids is 1. The largest absolute Gasteiger partial charge is 0.340 e. The van der Waals surface area contributed by atoms with Gasteiger partial charge < -0.3 is 4.90 Å². The van der Waals surface area contributed by atoms with Crippen molar-refractivity contribution in [3.63, 3.8) is 0 Å². The molecule has 0 spiro atoms. The van der Waals surface area contributed by atoms with Gasteiger partial charge in [0.25, 0.3) is 0 Å². The van der Waals surface area contributed by atoms with Gasteiger partial charge in [0.05, 0.1) is 6.07 Å². The van der Waals surface area contributed by atoms with E-state index in [4.69, 9.17) is 5.26 Å². The van der Waals surface area contributed by atoms with Crippen LogP contribution in [0.15, 0.2) is 24.5 Å². The number of hydrogen-bond donors (Lipinski definition) is 0. The molecule has 17 heavy (non-hydrogen) atoms. The minimum atomic E-state index is -0.748. The Morgan fingerprint density at radius 2 is 2.18 bits per heavy atom. The number of amides is 1. The van der Waals surface area contributed by atoms with Gasteiger partial charge in [-0.15, -0.1) is 0 Å². The highest BCUT2D eigenvalue weighted by Gasteiger charge is 2.46. The summed E-state index contributed by atoms with van der Waals surface area (Å²) in [5.74, 6) is -0.0527. The minimum Gasteiger partial charge on any atom is -0.340 e. The Bertz CT molecular complexity index is 445. The summed E-state index contributed by atoms with van der Waals surface area (Å²) in [6.45, 7) is 0.533. The first-order valence-electron chi connectivity index (χ1n) is 5.74. The van der Waals surface area contributed by atoms with E-state index in [1.165, 1.54) is 0 Å². The Labute approximate surface area is 101 Å². The molecule has 0 atom stereocenters. The van der Waals surface area contributed by atoms with E-state index in [0.29, 0.717) is 19.4 Å². The van der Waals surface area contributed by atoms with Crippen LogP contribution in [0.1, 0.15) is 24.8 Å². The zero-order valence-electron chi connectivity index (χ0n) is 9.89. The fraction of sp³-hybridized carbons (Fsp3) is 0.462. The van der Waals surface area contributed by atoms with Crippen LogP contribution >= 0.6 is 0 Å². The predicted octanol–water partition coefficient (Wildman–Crippen LogP) is 1.73. The van der Waals surface area contributed by atoms with Crippen LogP contribution in [0.2, 0.25) is 0 Å². The minimum absolute atomic E-state index is 0.0527. The first-order valence-corrected chi connectivity index (χ1v) is 5.74. The molecule has 0 unspecified atom stereocenters. The van der Waals surface area contributed by atoms with Crippen LogP contribution in [0, 0.1) is 16.7 Å². The third-order valence-corrected chi connectivity index (χ3v) is 3.35. The van der Waals surface area contributed by atoms with Crippen LogP contribution in [0.5, 0.6) is 0 Å². The monoisotopic (exact) mass is 229 g/mol. The van der Waals surface area contributed by atoms with Gasteiger partial charge in [0.2, 0.25) is 5.91 Å². The van der Waals surface area contributed by atoms with Crippen molar-refractivity contribution in [3.8, 4) is 6.07 Å². The molecule has 1 aliphatic rings. The SMILES string of the molecule is CN(Cc1ccncc1)C(=O)C1(C#N)CCC1. The number of nitriles is 1. The van der Waals surface area contributed by atoms with E-state index < -0.39 is 5.41 Å². The van der Waals surface area contributed by atoms with Crippen LogP contribution in [0.25, 0.3) is 0 Å². The van der Waals surface area contributed by atoms with E-state index in [1.54, 1.807) is 24.3 Å². The maximum absolute atomic E-state index is 12.2. The molecule has 0 aromatic carbocycles. The second-order valence-corrected chi connectivity index (χ2v) is 4.56. The number of aromatic nitrogens is 1. The second-order valence-electron chi connectivity index (χ2n) is 4.56. The van der Waals surface area contributed by atoms with Crippen molar-refractivity contribution in [1.82, 2.24) is 9.88 Å². The van der Waals surface area contributed by atoms with Crippen LogP contribution in [0.3, 0.4) is 0 Å². The van der Waals surface area contributed by atoms with Gasteiger partial charge >= 0.3 is 0 Å². The highest BCUT2D eigenvalue weighted by molar-refractivity contribution is 5.86. The van der Waals surface area contributed by atoms with Crippen molar-refractivity contribution in [2.24, 2.45) is 5.41 Å². The number of hydrogen-bond acceptors (Lipinski definition) is 3. The lowest BCUT2D eigenvalue weighted by Crippen LogP contribution is -2.45. The molecule has 1 aromatic rings. The van der Waals surface area contributed by atoms with Gasteiger partial charge in [0.15, 0.2) is 0 Å². The first kappa shape index (κ1) is 11.6. The molecule has 4 heteroatoms. The third-order valence-electron chi connectivity index (χ3n) is 3.35. The summed E-state index contributed by atoms with van der Waals surface area (Å²) in [4.78, 5) is 17.7. The fourth-order valence-corrected chi connectivity index (χ4v) is 2.10. The van der Waals surface area contributed by atoms with Crippen molar-refractivity contribution < 1.29 is 4.79 Å². The molecular weight excluding hydrogens is 214 g/mol. The number of pyridine rings is 1. The summed E-state index contributed by atoms with van der Waals surface area (Å²) in [5, 5.41) is 9.11. The number of carbonyl (C=O) groups is 1. The Balaban J connectivity index is 2.04. The molecule has 1 aliphatic carbocycles. The number of rotatable bonds is 3. The standard InChI is InChI=1S/C13H15N3O/c1-16(9-11-3-7-15-8-4-11)12(17)13(10-14)5-2-6-13/h3-4,7-8H,2,5-6,9H2,1H3. The smallest absolute Gasteiger partial charge is 0.243 e. The molecule has 1 aromatic heterocycles. The number of nitrogens with zero attached hydrogens (tertiary/aromatic N) is 3. The molecule has 4 nitrogen and oxygen atoms in total. The molecule has 1 saturated carbocycles. The van der Waals surface area contributed by atoms with Crippen molar-refractivity contribution in [3.05, 3.63) is 30.1 Å². The Morgan fingerprint density at radius 3 is 2.65 bits per heavy atom. The fourth-order valence-electron chi connectivity index (χ4n) is 2.10. The first-order chi connectivity index (χ1) is 8.18. The van der Waals surface area contributed by atoms with Gasteiger partial charge in [-0.3, -0.25) is 9.78 Å². The molecule has 1 heterocycles. The van der Waals surface area contributed by atoms with E-state index >= 15 is 0 Å². The van der Waals surface area contributed by atoms with E-state index in [0.717, 1.165) is 12.0 Å². The van der Waals surface area contributed by atoms with Gasteiger partial charge in [0, 0.05) is 26.0 Å². The maximum Gasteiger partial charge on any atom is 0.243 e. The van der Waals surface area contributed by atoms with E-state index in [-0.39, 0.29) is 5.91 Å². The summed E-state index contributed by atoms with van der Waals surface area (Å²) < 4.78 is 0. The van der Waals surface area contributed by atoms with E-state index in [9.17, 15) is 4.79 Å². The van der Waals surface area contributed by atoms with Crippen LogP contribution in [-0.4, -0.2) is 22.8 Å². The van der Waals surface area contributed by atoms with Gasteiger partial charge in [-0.1, -0.05) is 0 Å². The van der Waals surface area contributed by atoms with Gasteiger partial charge in [-0.05, 0) is 37.0 Å². The topological polar surface area (TPSA) is 57.0 Å². The van der Waals surface area contributed by atoms with Crippen LogP contribution in [0.4, 0.5) is 0 Å². The zero-order chi connectivity index (χ0) is 12.3. The molecule has 1 fully saturated rings. The van der Waals surface area contributed by atoms with E-state index in [2.05, 4.69) is 11.1 Å². The van der Waals surface area contributed by atoms with Gasteiger partial charge in [-0.25, -0.2) is 0 Å². The molecule has 0 aliphatic heterocycles. The lowest BCUT2D eigenvalue weighted by molar-refractivity contribution is -0.142. The normalized spacial score (nSPS) is 16.7. The second kappa shape index (κ2) is 4.54. The quantitative estimate of drug-likeness (QED) is 0.793. The lowest BCUT2D eigenvalue weighted by Gasteiger charge is -2.36. The summed E-state index contributed by atoms with van der Waals surface area (Å²) in [6, 6.07) is 5.93. The molecule has 0 radical (unpaired) electrons. The average Bonchev–Trinajstić information content (AvgIpc) is 2.29. The maximum atomic E-state index is 12.2. The summed E-state index contributed by atoms with van der Waals surface area (Å²) in [7, 11) is 1.75. The van der Waals surface area contributed by atoms with Crippen molar-refractivity contribution in [1.29, 1.82) is 5.26 Å². The molecule has 2 rings (SSSR count). The summed E-state index contributed by atoms with van der Waals surface area (Å²) in [5.41, 5.74) is 0.283. The molecule has 0 N–H and O–H groups in total. The van der Waals surface area contributed by atoms with Gasteiger partial charge in [0.1, 0.15) is 5.41 Å². The van der Waals surface area contributed by atoms with Crippen LogP contribution in [-0.2, 0) is 11.3 Å². The van der Waals surface area contributed by atoms with Crippen LogP contribution < -0.4 is 0 Å². The molecular formula is C13H15N3O.